The molecule has 4 rings (SSSR count). The summed E-state index contributed by atoms with van der Waals surface area (Å²) in [4.78, 5) is 30.2. The van der Waals surface area contributed by atoms with Crippen molar-refractivity contribution in [2.24, 2.45) is 5.92 Å². The molecule has 6 heteroatoms. The minimum atomic E-state index is -0.279. The second-order valence-corrected chi connectivity index (χ2v) is 8.50. The van der Waals surface area contributed by atoms with Crippen LogP contribution in [0.5, 0.6) is 0 Å². The molecule has 0 spiro atoms. The number of piperidine rings is 1. The van der Waals surface area contributed by atoms with Gasteiger partial charge < -0.3 is 10.2 Å². The molecule has 2 heterocycles. The normalized spacial score (nSPS) is 18.7. The van der Waals surface area contributed by atoms with E-state index >= 15 is 0 Å². The summed E-state index contributed by atoms with van der Waals surface area (Å²) in [5.74, 6) is -0.122. The molecule has 0 bridgehead atoms. The molecule has 0 aromatic heterocycles. The highest BCUT2D eigenvalue weighted by molar-refractivity contribution is 5.83. The molecule has 2 aliphatic heterocycles. The Hall–Kier alpha value is -2.73. The van der Waals surface area contributed by atoms with Crippen molar-refractivity contribution in [3.8, 4) is 0 Å². The number of amides is 2. The number of benzene rings is 2. The number of nitrogens with zero attached hydrogens (tertiary/aromatic N) is 2. The molecule has 0 radical (unpaired) electrons. The zero-order valence-corrected chi connectivity index (χ0v) is 17.8. The van der Waals surface area contributed by atoms with Crippen molar-refractivity contribution < 1.29 is 14.0 Å². The Kier molecular flexibility index (Phi) is 6.97. The van der Waals surface area contributed by atoms with Gasteiger partial charge in [0.2, 0.25) is 11.8 Å². The van der Waals surface area contributed by atoms with E-state index in [0.717, 1.165) is 49.9 Å². The monoisotopic (exact) mass is 423 g/mol. The zero-order chi connectivity index (χ0) is 21.6. The van der Waals surface area contributed by atoms with Crippen LogP contribution < -0.4 is 5.32 Å². The largest absolute Gasteiger partial charge is 0.352 e. The Labute approximate surface area is 183 Å². The maximum absolute atomic E-state index is 13.3. The summed E-state index contributed by atoms with van der Waals surface area (Å²) in [6, 6.07) is 15.9. The fraction of sp³-hybridized carbons (Fsp3) is 0.440. The predicted molar refractivity (Wildman–Crippen MR) is 118 cm³/mol. The molecule has 2 amide bonds. The molecule has 0 aliphatic carbocycles. The van der Waals surface area contributed by atoms with Crippen LogP contribution in [0.1, 0.15) is 42.9 Å². The maximum atomic E-state index is 13.3. The van der Waals surface area contributed by atoms with E-state index in [1.807, 2.05) is 35.2 Å². The summed E-state index contributed by atoms with van der Waals surface area (Å²) in [7, 11) is 0. The molecular weight excluding hydrogens is 393 g/mol. The lowest BCUT2D eigenvalue weighted by molar-refractivity contribution is -0.137. The molecule has 1 unspecified atom stereocenters. The molecule has 164 valence electrons. The molecule has 0 saturated carbocycles. The van der Waals surface area contributed by atoms with Crippen molar-refractivity contribution in [3.05, 3.63) is 71.5 Å². The molecule has 31 heavy (non-hydrogen) atoms. The number of nitrogens with one attached hydrogen (secondary N) is 1. The van der Waals surface area contributed by atoms with Crippen molar-refractivity contribution in [1.29, 1.82) is 0 Å². The molecule has 2 aromatic carbocycles. The van der Waals surface area contributed by atoms with Gasteiger partial charge in [-0.25, -0.2) is 4.39 Å². The van der Waals surface area contributed by atoms with Crippen LogP contribution in [-0.2, 0) is 16.1 Å². The van der Waals surface area contributed by atoms with Crippen molar-refractivity contribution in [2.45, 2.75) is 38.3 Å². The van der Waals surface area contributed by atoms with Crippen molar-refractivity contribution in [3.63, 3.8) is 0 Å². The third-order valence-electron chi connectivity index (χ3n) is 6.41. The molecule has 2 aliphatic rings. The van der Waals surface area contributed by atoms with E-state index in [0.29, 0.717) is 19.6 Å². The first-order valence-corrected chi connectivity index (χ1v) is 11.2. The third kappa shape index (κ3) is 5.31. The van der Waals surface area contributed by atoms with Crippen LogP contribution in [0.4, 0.5) is 4.39 Å². The van der Waals surface area contributed by atoms with E-state index in [4.69, 9.17) is 0 Å². The molecule has 1 atom stereocenters. The second kappa shape index (κ2) is 10.1. The van der Waals surface area contributed by atoms with Crippen LogP contribution in [0, 0.1) is 11.7 Å². The third-order valence-corrected chi connectivity index (χ3v) is 6.41. The van der Waals surface area contributed by atoms with Crippen LogP contribution >= 0.6 is 0 Å². The molecule has 2 fully saturated rings. The lowest BCUT2D eigenvalue weighted by Crippen LogP contribution is -2.47. The summed E-state index contributed by atoms with van der Waals surface area (Å²) in [5, 5.41) is 2.98. The van der Waals surface area contributed by atoms with Crippen LogP contribution in [-0.4, -0.2) is 47.8 Å². The number of carbonyl (C=O) groups excluding carboxylic acids is 2. The van der Waals surface area contributed by atoms with E-state index in [-0.39, 0.29) is 29.6 Å². The number of hydrogen-bond donors (Lipinski definition) is 1. The number of rotatable bonds is 6. The van der Waals surface area contributed by atoms with Gasteiger partial charge in [0.05, 0.1) is 0 Å². The standard InChI is InChI=1S/C25H30FN3O2/c26-22-10-8-19(9-11-22)18-27-24(30)21-12-16-28(17-13-21)23(20-6-2-1-3-7-20)25(31)29-14-4-5-15-29/h1-3,6-11,21,23H,4-5,12-18H2,(H,27,30). The maximum Gasteiger partial charge on any atom is 0.244 e. The fourth-order valence-electron chi connectivity index (χ4n) is 4.61. The van der Waals surface area contributed by atoms with Crippen LogP contribution in [0.15, 0.2) is 54.6 Å². The quantitative estimate of drug-likeness (QED) is 0.774. The van der Waals surface area contributed by atoms with E-state index < -0.39 is 0 Å². The number of hydrogen-bond acceptors (Lipinski definition) is 3. The summed E-state index contributed by atoms with van der Waals surface area (Å²) in [5.41, 5.74) is 1.91. The van der Waals surface area contributed by atoms with Gasteiger partial charge in [-0.1, -0.05) is 42.5 Å². The Morgan fingerprint density at radius 3 is 2.23 bits per heavy atom. The smallest absolute Gasteiger partial charge is 0.244 e. The van der Waals surface area contributed by atoms with E-state index in [2.05, 4.69) is 10.2 Å². The van der Waals surface area contributed by atoms with Crippen molar-refractivity contribution in [2.75, 3.05) is 26.2 Å². The van der Waals surface area contributed by atoms with Crippen molar-refractivity contribution >= 4 is 11.8 Å². The fourth-order valence-corrected chi connectivity index (χ4v) is 4.61. The lowest BCUT2D eigenvalue weighted by Gasteiger charge is -2.38. The van der Waals surface area contributed by atoms with E-state index in [1.165, 1.54) is 12.1 Å². The number of carbonyl (C=O) groups is 2. The first-order valence-electron chi connectivity index (χ1n) is 11.2. The second-order valence-electron chi connectivity index (χ2n) is 8.50. The predicted octanol–water partition coefficient (Wildman–Crippen LogP) is 3.52. The topological polar surface area (TPSA) is 52.7 Å². The first-order chi connectivity index (χ1) is 15.1. The van der Waals surface area contributed by atoms with Gasteiger partial charge in [0.1, 0.15) is 11.9 Å². The molecule has 2 aromatic rings. The lowest BCUT2D eigenvalue weighted by atomic mass is 9.93. The van der Waals surface area contributed by atoms with Crippen LogP contribution in [0.2, 0.25) is 0 Å². The number of halogens is 1. The highest BCUT2D eigenvalue weighted by Gasteiger charge is 2.35. The first kappa shape index (κ1) is 21.5. The summed E-state index contributed by atoms with van der Waals surface area (Å²) >= 11 is 0. The SMILES string of the molecule is O=C(NCc1ccc(F)cc1)C1CCN(C(C(=O)N2CCCC2)c2ccccc2)CC1. The Balaban J connectivity index is 1.36. The summed E-state index contributed by atoms with van der Waals surface area (Å²) < 4.78 is 13.0. The van der Waals surface area contributed by atoms with Gasteiger partial charge in [0, 0.05) is 25.6 Å². The van der Waals surface area contributed by atoms with Gasteiger partial charge in [-0.2, -0.15) is 0 Å². The summed E-state index contributed by atoms with van der Waals surface area (Å²) in [6.45, 7) is 3.51. The molecule has 5 nitrogen and oxygen atoms in total. The van der Waals surface area contributed by atoms with Gasteiger partial charge in [0.15, 0.2) is 0 Å². The average molecular weight is 424 g/mol. The average Bonchev–Trinajstić information content (AvgIpc) is 3.35. The van der Waals surface area contributed by atoms with Gasteiger partial charge in [-0.15, -0.1) is 0 Å². The van der Waals surface area contributed by atoms with Gasteiger partial charge in [-0.3, -0.25) is 14.5 Å². The van der Waals surface area contributed by atoms with Gasteiger partial charge in [0.25, 0.3) is 0 Å². The van der Waals surface area contributed by atoms with Gasteiger partial charge in [-0.05, 0) is 62.0 Å². The minimum Gasteiger partial charge on any atom is -0.352 e. The minimum absolute atomic E-state index is 0.0334. The molecule has 1 N–H and O–H groups in total. The van der Waals surface area contributed by atoms with Gasteiger partial charge >= 0.3 is 0 Å². The molecular formula is C25H30FN3O2. The Bertz CT molecular complexity index is 873. The Morgan fingerprint density at radius 1 is 0.935 bits per heavy atom. The number of likely N-dealkylation sites (tertiary alicyclic amines) is 2. The highest BCUT2D eigenvalue weighted by Crippen LogP contribution is 2.30. The highest BCUT2D eigenvalue weighted by atomic mass is 19.1. The van der Waals surface area contributed by atoms with Crippen molar-refractivity contribution in [1.82, 2.24) is 15.1 Å². The summed E-state index contributed by atoms with van der Waals surface area (Å²) in [6.07, 6.45) is 3.60. The van der Waals surface area contributed by atoms with E-state index in [1.54, 1.807) is 12.1 Å². The van der Waals surface area contributed by atoms with Crippen LogP contribution in [0.3, 0.4) is 0 Å². The van der Waals surface area contributed by atoms with Crippen LogP contribution in [0.25, 0.3) is 0 Å². The zero-order valence-electron chi connectivity index (χ0n) is 17.8. The van der Waals surface area contributed by atoms with E-state index in [9.17, 15) is 14.0 Å². The Morgan fingerprint density at radius 2 is 1.58 bits per heavy atom. The molecule has 2 saturated heterocycles.